The number of aryl methyl sites for hydroxylation is 1. The Morgan fingerprint density at radius 3 is 2.72 bits per heavy atom. The molecule has 2 N–H and O–H groups in total. The van der Waals surface area contributed by atoms with E-state index in [1.807, 2.05) is 6.07 Å². The zero-order chi connectivity index (χ0) is 13.1. The van der Waals surface area contributed by atoms with Crippen LogP contribution in [0.5, 0.6) is 5.75 Å². The fourth-order valence-corrected chi connectivity index (χ4v) is 2.29. The topological polar surface area (TPSA) is 81.3 Å². The minimum Gasteiger partial charge on any atom is -0.507 e. The predicted molar refractivity (Wildman–Crippen MR) is 66.0 cm³/mol. The van der Waals surface area contributed by atoms with E-state index in [-0.39, 0.29) is 11.3 Å². The molecule has 0 fully saturated rings. The summed E-state index contributed by atoms with van der Waals surface area (Å²) >= 11 is 0. The van der Waals surface area contributed by atoms with Crippen molar-refractivity contribution in [3.05, 3.63) is 34.4 Å². The molecule has 0 aliphatic heterocycles. The Morgan fingerprint density at radius 1 is 1.33 bits per heavy atom. The molecular weight excluding hydrogens is 230 g/mol. The molecular formula is C14H13NO3. The van der Waals surface area contributed by atoms with Gasteiger partial charge in [0, 0.05) is 5.56 Å². The SMILES string of the molecule is N#C/C(=C/c1c(O)ccc2c1CCCC2)C(=O)O. The number of aliphatic carboxylic acids is 1. The van der Waals surface area contributed by atoms with E-state index in [9.17, 15) is 9.90 Å². The van der Waals surface area contributed by atoms with Gasteiger partial charge in [-0.3, -0.25) is 0 Å². The number of aromatic hydroxyl groups is 1. The Labute approximate surface area is 105 Å². The lowest BCUT2D eigenvalue weighted by Gasteiger charge is -2.18. The van der Waals surface area contributed by atoms with E-state index in [1.54, 1.807) is 12.1 Å². The molecule has 1 aromatic carbocycles. The minimum atomic E-state index is -1.27. The lowest BCUT2D eigenvalue weighted by Crippen LogP contribution is -2.06. The Hall–Kier alpha value is -2.28. The second-order valence-corrected chi connectivity index (χ2v) is 4.32. The standard InChI is InChI=1S/C14H13NO3/c15-8-10(14(17)18)7-12-11-4-2-1-3-9(11)5-6-13(12)16/h5-7,16H,1-4H2,(H,17,18)/b10-7-. The average Bonchev–Trinajstić information content (AvgIpc) is 2.37. The lowest BCUT2D eigenvalue weighted by molar-refractivity contribution is -0.132. The molecule has 0 saturated heterocycles. The van der Waals surface area contributed by atoms with Gasteiger partial charge in [0.05, 0.1) is 0 Å². The highest BCUT2D eigenvalue weighted by molar-refractivity contribution is 5.97. The van der Waals surface area contributed by atoms with E-state index in [1.165, 1.54) is 6.08 Å². The average molecular weight is 243 g/mol. The molecule has 0 saturated carbocycles. The zero-order valence-corrected chi connectivity index (χ0v) is 9.81. The molecule has 1 aliphatic carbocycles. The molecule has 0 heterocycles. The van der Waals surface area contributed by atoms with Crippen LogP contribution in [0.15, 0.2) is 17.7 Å². The van der Waals surface area contributed by atoms with Crippen LogP contribution >= 0.6 is 0 Å². The first-order valence-corrected chi connectivity index (χ1v) is 5.82. The number of phenolic OH excluding ortho intramolecular Hbond substituents is 1. The smallest absolute Gasteiger partial charge is 0.346 e. The molecule has 4 nitrogen and oxygen atoms in total. The van der Waals surface area contributed by atoms with E-state index in [4.69, 9.17) is 10.4 Å². The number of benzene rings is 1. The zero-order valence-electron chi connectivity index (χ0n) is 9.81. The van der Waals surface area contributed by atoms with E-state index in [0.717, 1.165) is 36.8 Å². The molecule has 0 bridgehead atoms. The molecule has 0 spiro atoms. The van der Waals surface area contributed by atoms with Crippen molar-refractivity contribution in [1.82, 2.24) is 0 Å². The summed E-state index contributed by atoms with van der Waals surface area (Å²) in [6, 6.07) is 5.07. The number of carboxylic acid groups (broad SMARTS) is 1. The Balaban J connectivity index is 2.57. The van der Waals surface area contributed by atoms with Crippen LogP contribution in [0, 0.1) is 11.3 Å². The van der Waals surface area contributed by atoms with Gasteiger partial charge in [-0.2, -0.15) is 5.26 Å². The van der Waals surface area contributed by atoms with Gasteiger partial charge in [0.2, 0.25) is 0 Å². The number of nitrogens with zero attached hydrogens (tertiary/aromatic N) is 1. The van der Waals surface area contributed by atoms with Crippen molar-refractivity contribution in [3.8, 4) is 11.8 Å². The van der Waals surface area contributed by atoms with Crippen LogP contribution in [0.3, 0.4) is 0 Å². The van der Waals surface area contributed by atoms with Gasteiger partial charge in [-0.05, 0) is 49.0 Å². The summed E-state index contributed by atoms with van der Waals surface area (Å²) in [5.41, 5.74) is 2.22. The van der Waals surface area contributed by atoms with Gasteiger partial charge in [-0.25, -0.2) is 4.79 Å². The highest BCUT2D eigenvalue weighted by atomic mass is 16.4. The number of phenols is 1. The van der Waals surface area contributed by atoms with Crippen molar-refractivity contribution in [2.75, 3.05) is 0 Å². The summed E-state index contributed by atoms with van der Waals surface area (Å²) in [5, 5.41) is 27.5. The first-order chi connectivity index (χ1) is 8.63. The molecule has 4 heteroatoms. The van der Waals surface area contributed by atoms with E-state index < -0.39 is 5.97 Å². The third kappa shape index (κ3) is 2.21. The Morgan fingerprint density at radius 2 is 2.06 bits per heavy atom. The number of carboxylic acids is 1. The summed E-state index contributed by atoms with van der Waals surface area (Å²) < 4.78 is 0. The third-order valence-corrected chi connectivity index (χ3v) is 3.19. The van der Waals surface area contributed by atoms with E-state index >= 15 is 0 Å². The molecule has 18 heavy (non-hydrogen) atoms. The van der Waals surface area contributed by atoms with Gasteiger partial charge in [-0.15, -0.1) is 0 Å². The number of rotatable bonds is 2. The third-order valence-electron chi connectivity index (χ3n) is 3.19. The van der Waals surface area contributed by atoms with Gasteiger partial charge in [0.1, 0.15) is 17.4 Å². The van der Waals surface area contributed by atoms with Gasteiger partial charge in [0.15, 0.2) is 0 Å². The number of hydrogen-bond donors (Lipinski definition) is 2. The van der Waals surface area contributed by atoms with Crippen molar-refractivity contribution in [2.45, 2.75) is 25.7 Å². The monoisotopic (exact) mass is 243 g/mol. The summed E-state index contributed by atoms with van der Waals surface area (Å²) in [6.45, 7) is 0. The molecule has 92 valence electrons. The first-order valence-electron chi connectivity index (χ1n) is 5.82. The number of hydrogen-bond acceptors (Lipinski definition) is 3. The highest BCUT2D eigenvalue weighted by Crippen LogP contribution is 2.32. The van der Waals surface area contributed by atoms with Crippen molar-refractivity contribution in [1.29, 1.82) is 5.26 Å². The van der Waals surface area contributed by atoms with Gasteiger partial charge < -0.3 is 10.2 Å². The van der Waals surface area contributed by atoms with Gasteiger partial charge >= 0.3 is 5.97 Å². The molecule has 0 amide bonds. The van der Waals surface area contributed by atoms with Gasteiger partial charge in [0.25, 0.3) is 0 Å². The van der Waals surface area contributed by atoms with Crippen LogP contribution in [-0.4, -0.2) is 16.2 Å². The highest BCUT2D eigenvalue weighted by Gasteiger charge is 2.17. The molecule has 0 unspecified atom stereocenters. The summed E-state index contributed by atoms with van der Waals surface area (Å²) in [6.07, 6.45) is 5.14. The van der Waals surface area contributed by atoms with Crippen molar-refractivity contribution in [2.24, 2.45) is 0 Å². The van der Waals surface area contributed by atoms with E-state index in [2.05, 4.69) is 0 Å². The van der Waals surface area contributed by atoms with Crippen LogP contribution in [0.25, 0.3) is 6.08 Å². The Kier molecular flexibility index (Phi) is 3.33. The maximum atomic E-state index is 10.8. The molecule has 1 aromatic rings. The van der Waals surface area contributed by atoms with Crippen LogP contribution < -0.4 is 0 Å². The second-order valence-electron chi connectivity index (χ2n) is 4.32. The molecule has 0 radical (unpaired) electrons. The summed E-state index contributed by atoms with van der Waals surface area (Å²) in [4.78, 5) is 10.8. The fourth-order valence-electron chi connectivity index (χ4n) is 2.29. The molecule has 0 aromatic heterocycles. The van der Waals surface area contributed by atoms with Crippen molar-refractivity contribution >= 4 is 12.0 Å². The van der Waals surface area contributed by atoms with Crippen LogP contribution in [0.1, 0.15) is 29.5 Å². The van der Waals surface area contributed by atoms with Crippen LogP contribution in [0.2, 0.25) is 0 Å². The predicted octanol–water partition coefficient (Wildman–Crippen LogP) is 2.26. The minimum absolute atomic E-state index is 0.0321. The normalized spacial score (nSPS) is 14.7. The molecule has 0 atom stereocenters. The number of nitriles is 1. The summed E-state index contributed by atoms with van der Waals surface area (Å²) in [5.74, 6) is -1.24. The molecule has 2 rings (SSSR count). The second kappa shape index (κ2) is 4.92. The number of carbonyl (C=O) groups is 1. The largest absolute Gasteiger partial charge is 0.507 e. The number of fused-ring (bicyclic) bond motifs is 1. The van der Waals surface area contributed by atoms with Gasteiger partial charge in [-0.1, -0.05) is 6.07 Å². The quantitative estimate of drug-likeness (QED) is 0.616. The lowest BCUT2D eigenvalue weighted by atomic mass is 9.87. The molecule has 1 aliphatic rings. The van der Waals surface area contributed by atoms with Crippen LogP contribution in [-0.2, 0) is 17.6 Å². The fraction of sp³-hybridized carbons (Fsp3) is 0.286. The maximum absolute atomic E-state index is 10.8. The van der Waals surface area contributed by atoms with Crippen molar-refractivity contribution in [3.63, 3.8) is 0 Å². The maximum Gasteiger partial charge on any atom is 0.346 e. The van der Waals surface area contributed by atoms with Crippen LogP contribution in [0.4, 0.5) is 0 Å². The first kappa shape index (κ1) is 12.2. The summed E-state index contributed by atoms with van der Waals surface area (Å²) in [7, 11) is 0. The van der Waals surface area contributed by atoms with Crippen molar-refractivity contribution < 1.29 is 15.0 Å². The Bertz CT molecular complexity index is 567. The van der Waals surface area contributed by atoms with E-state index in [0.29, 0.717) is 5.56 Å².